The zero-order valence-electron chi connectivity index (χ0n) is 10.2. The van der Waals surface area contributed by atoms with Gasteiger partial charge in [0.1, 0.15) is 0 Å². The Morgan fingerprint density at radius 2 is 1.78 bits per heavy atom. The summed E-state index contributed by atoms with van der Waals surface area (Å²) in [5, 5.41) is 10.2. The molecule has 1 aromatic heterocycles. The van der Waals surface area contributed by atoms with E-state index in [2.05, 4.69) is 15.5 Å². The summed E-state index contributed by atoms with van der Waals surface area (Å²) in [4.78, 5) is 1.94. The SMILES string of the molecule is C[C@@H]1CN(c2ccc(C(F)(F)F)nn2)C[C@@H](C)N1. The van der Waals surface area contributed by atoms with E-state index in [9.17, 15) is 13.2 Å². The molecule has 1 aliphatic heterocycles. The Hall–Kier alpha value is -1.37. The van der Waals surface area contributed by atoms with Crippen molar-refractivity contribution in [1.82, 2.24) is 15.5 Å². The standard InChI is InChI=1S/C11H15F3N4/c1-7-5-18(6-8(2)15-7)10-4-3-9(16-17-10)11(12,13)14/h3-4,7-8,15H,5-6H2,1-2H3/t7-,8-/m1/s1. The number of alkyl halides is 3. The lowest BCUT2D eigenvalue weighted by molar-refractivity contribution is -0.141. The predicted molar refractivity (Wildman–Crippen MR) is 61.3 cm³/mol. The van der Waals surface area contributed by atoms with E-state index in [-0.39, 0.29) is 12.1 Å². The van der Waals surface area contributed by atoms with Crippen LogP contribution in [0.1, 0.15) is 19.5 Å². The highest BCUT2D eigenvalue weighted by molar-refractivity contribution is 5.39. The highest BCUT2D eigenvalue weighted by atomic mass is 19.4. The maximum Gasteiger partial charge on any atom is 0.435 e. The van der Waals surface area contributed by atoms with Gasteiger partial charge in [-0.2, -0.15) is 13.2 Å². The van der Waals surface area contributed by atoms with Crippen LogP contribution in [0, 0.1) is 0 Å². The number of rotatable bonds is 1. The lowest BCUT2D eigenvalue weighted by Crippen LogP contribution is -2.54. The molecule has 1 fully saturated rings. The van der Waals surface area contributed by atoms with Gasteiger partial charge in [-0.15, -0.1) is 10.2 Å². The van der Waals surface area contributed by atoms with E-state index in [4.69, 9.17) is 0 Å². The molecule has 0 amide bonds. The second-order valence-corrected chi connectivity index (χ2v) is 4.65. The summed E-state index contributed by atoms with van der Waals surface area (Å²) in [7, 11) is 0. The molecule has 1 aliphatic rings. The van der Waals surface area contributed by atoms with Crippen molar-refractivity contribution in [2.24, 2.45) is 0 Å². The molecule has 0 bridgehead atoms. The van der Waals surface area contributed by atoms with E-state index in [1.807, 2.05) is 18.7 Å². The first kappa shape index (κ1) is 13.1. The van der Waals surface area contributed by atoms with Gasteiger partial charge in [0.05, 0.1) is 0 Å². The number of hydrogen-bond donors (Lipinski definition) is 1. The van der Waals surface area contributed by atoms with Crippen molar-refractivity contribution in [3.05, 3.63) is 17.8 Å². The number of aromatic nitrogens is 2. The summed E-state index contributed by atoms with van der Waals surface area (Å²) in [5.74, 6) is 0.489. The minimum atomic E-state index is -4.43. The fraction of sp³-hybridized carbons (Fsp3) is 0.636. The van der Waals surface area contributed by atoms with E-state index in [1.54, 1.807) is 0 Å². The first-order chi connectivity index (χ1) is 8.36. The highest BCUT2D eigenvalue weighted by Gasteiger charge is 2.33. The van der Waals surface area contributed by atoms with Gasteiger partial charge in [-0.25, -0.2) is 0 Å². The maximum absolute atomic E-state index is 12.4. The number of hydrogen-bond acceptors (Lipinski definition) is 4. The zero-order chi connectivity index (χ0) is 13.3. The van der Waals surface area contributed by atoms with Gasteiger partial charge in [-0.1, -0.05) is 0 Å². The molecule has 7 heteroatoms. The highest BCUT2D eigenvalue weighted by Crippen LogP contribution is 2.27. The number of anilines is 1. The zero-order valence-corrected chi connectivity index (χ0v) is 10.2. The monoisotopic (exact) mass is 260 g/mol. The summed E-state index contributed by atoms with van der Waals surface area (Å²) < 4.78 is 37.1. The van der Waals surface area contributed by atoms with Crippen molar-refractivity contribution in [2.45, 2.75) is 32.1 Å². The van der Waals surface area contributed by atoms with Crippen molar-refractivity contribution >= 4 is 5.82 Å². The first-order valence-electron chi connectivity index (χ1n) is 5.78. The molecule has 0 aromatic carbocycles. The van der Waals surface area contributed by atoms with Crippen LogP contribution in [0.3, 0.4) is 0 Å². The quantitative estimate of drug-likeness (QED) is 0.834. The van der Waals surface area contributed by atoms with Crippen LogP contribution in [0.4, 0.5) is 19.0 Å². The fourth-order valence-corrected chi connectivity index (χ4v) is 2.16. The summed E-state index contributed by atoms with van der Waals surface area (Å²) in [6.45, 7) is 5.48. The molecule has 2 rings (SSSR count). The summed E-state index contributed by atoms with van der Waals surface area (Å²) in [6, 6.07) is 2.90. The molecule has 2 heterocycles. The van der Waals surface area contributed by atoms with Crippen LogP contribution in [0.25, 0.3) is 0 Å². The number of piperazine rings is 1. The predicted octanol–water partition coefficient (Wildman–Crippen LogP) is 1.68. The molecule has 1 aromatic rings. The van der Waals surface area contributed by atoms with Gasteiger partial charge in [0.25, 0.3) is 0 Å². The Morgan fingerprint density at radius 3 is 2.22 bits per heavy atom. The molecular weight excluding hydrogens is 245 g/mol. The lowest BCUT2D eigenvalue weighted by Gasteiger charge is -2.36. The van der Waals surface area contributed by atoms with Crippen LogP contribution in [0.2, 0.25) is 0 Å². The number of halogens is 3. The van der Waals surface area contributed by atoms with Crippen molar-refractivity contribution in [3.8, 4) is 0 Å². The van der Waals surface area contributed by atoms with Crippen LogP contribution in [0.15, 0.2) is 12.1 Å². The van der Waals surface area contributed by atoms with Gasteiger partial charge in [-0.05, 0) is 26.0 Å². The third kappa shape index (κ3) is 2.90. The molecule has 0 unspecified atom stereocenters. The van der Waals surface area contributed by atoms with Crippen molar-refractivity contribution in [2.75, 3.05) is 18.0 Å². The number of nitrogens with zero attached hydrogens (tertiary/aromatic N) is 3. The first-order valence-corrected chi connectivity index (χ1v) is 5.78. The average molecular weight is 260 g/mol. The Labute approximate surface area is 103 Å². The Morgan fingerprint density at radius 1 is 1.17 bits per heavy atom. The molecule has 0 saturated carbocycles. The van der Waals surface area contributed by atoms with Gasteiger partial charge in [-0.3, -0.25) is 0 Å². The smallest absolute Gasteiger partial charge is 0.352 e. The van der Waals surface area contributed by atoms with E-state index < -0.39 is 11.9 Å². The molecule has 4 nitrogen and oxygen atoms in total. The largest absolute Gasteiger partial charge is 0.435 e. The molecule has 2 atom stereocenters. The molecule has 18 heavy (non-hydrogen) atoms. The Bertz CT molecular complexity index is 394. The molecule has 100 valence electrons. The Balaban J connectivity index is 2.14. The van der Waals surface area contributed by atoms with Crippen LogP contribution >= 0.6 is 0 Å². The van der Waals surface area contributed by atoms with Gasteiger partial charge >= 0.3 is 6.18 Å². The second kappa shape index (κ2) is 4.72. The minimum Gasteiger partial charge on any atom is -0.352 e. The maximum atomic E-state index is 12.4. The lowest BCUT2D eigenvalue weighted by atomic mass is 10.1. The normalized spacial score (nSPS) is 25.3. The third-order valence-corrected chi connectivity index (χ3v) is 2.82. The summed E-state index contributed by atoms with van der Waals surface area (Å²) in [5.41, 5.74) is -0.956. The molecule has 0 spiro atoms. The average Bonchev–Trinajstić information content (AvgIpc) is 2.27. The van der Waals surface area contributed by atoms with Crippen LogP contribution < -0.4 is 10.2 Å². The van der Waals surface area contributed by atoms with Gasteiger partial charge < -0.3 is 10.2 Å². The van der Waals surface area contributed by atoms with E-state index in [0.717, 1.165) is 6.07 Å². The van der Waals surface area contributed by atoms with Gasteiger partial charge in [0.15, 0.2) is 11.5 Å². The number of nitrogens with one attached hydrogen (secondary N) is 1. The molecule has 1 saturated heterocycles. The van der Waals surface area contributed by atoms with Crippen molar-refractivity contribution < 1.29 is 13.2 Å². The van der Waals surface area contributed by atoms with Crippen LogP contribution in [-0.2, 0) is 6.18 Å². The molecule has 1 N–H and O–H groups in total. The molecular formula is C11H15F3N4. The Kier molecular flexibility index (Phi) is 3.43. The molecule has 0 aliphatic carbocycles. The summed E-state index contributed by atoms with van der Waals surface area (Å²) >= 11 is 0. The topological polar surface area (TPSA) is 41.1 Å². The van der Waals surface area contributed by atoms with Crippen molar-refractivity contribution in [3.63, 3.8) is 0 Å². The third-order valence-electron chi connectivity index (χ3n) is 2.82. The minimum absolute atomic E-state index is 0.276. The summed E-state index contributed by atoms with van der Waals surface area (Å²) in [6.07, 6.45) is -4.43. The second-order valence-electron chi connectivity index (χ2n) is 4.65. The molecule has 0 radical (unpaired) electrons. The van der Waals surface area contributed by atoms with Crippen LogP contribution in [0.5, 0.6) is 0 Å². The van der Waals surface area contributed by atoms with Crippen molar-refractivity contribution in [1.29, 1.82) is 0 Å². The van der Waals surface area contributed by atoms with Gasteiger partial charge in [0.2, 0.25) is 0 Å². The van der Waals surface area contributed by atoms with E-state index >= 15 is 0 Å². The van der Waals surface area contributed by atoms with Crippen LogP contribution in [-0.4, -0.2) is 35.4 Å². The van der Waals surface area contributed by atoms with Gasteiger partial charge in [0, 0.05) is 25.2 Å². The van der Waals surface area contributed by atoms with E-state index in [1.165, 1.54) is 6.07 Å². The fourth-order valence-electron chi connectivity index (χ4n) is 2.16. The van der Waals surface area contributed by atoms with E-state index in [0.29, 0.717) is 18.9 Å².